The summed E-state index contributed by atoms with van der Waals surface area (Å²) in [6, 6.07) is 8.02. The number of cyclic esters (lactones) is 1. The number of carbonyl (C=O) groups is 1. The summed E-state index contributed by atoms with van der Waals surface area (Å²) < 4.78 is 11.0. The molecule has 0 bridgehead atoms. The summed E-state index contributed by atoms with van der Waals surface area (Å²) >= 11 is 0. The molecule has 1 aromatic heterocycles. The minimum atomic E-state index is -0.376. The van der Waals surface area contributed by atoms with Gasteiger partial charge in [-0.25, -0.2) is 9.78 Å². The molecule has 0 radical (unpaired) electrons. The lowest BCUT2D eigenvalue weighted by Gasteiger charge is -2.30. The van der Waals surface area contributed by atoms with Crippen molar-refractivity contribution in [1.29, 1.82) is 0 Å². The number of ether oxygens (including phenoxy) is 2. The number of rotatable bonds is 7. The first-order valence-electron chi connectivity index (χ1n) is 10.0. The van der Waals surface area contributed by atoms with Crippen molar-refractivity contribution in [3.63, 3.8) is 0 Å². The zero-order valence-corrected chi connectivity index (χ0v) is 17.0. The Labute approximate surface area is 170 Å². The summed E-state index contributed by atoms with van der Waals surface area (Å²) in [6.07, 6.45) is 1.34. The molecule has 4 rings (SSSR count). The van der Waals surface area contributed by atoms with Crippen LogP contribution in [-0.2, 0) is 11.3 Å². The number of hydrogen-bond acceptors (Lipinski definition) is 7. The zero-order valence-electron chi connectivity index (χ0n) is 17.0. The van der Waals surface area contributed by atoms with Gasteiger partial charge in [0.25, 0.3) is 0 Å². The second kappa shape index (κ2) is 8.24. The third kappa shape index (κ3) is 4.27. The first kappa shape index (κ1) is 19.4. The lowest BCUT2D eigenvalue weighted by atomic mass is 10.1. The summed E-state index contributed by atoms with van der Waals surface area (Å²) in [4.78, 5) is 22.6. The highest BCUT2D eigenvalue weighted by atomic mass is 16.6. The van der Waals surface area contributed by atoms with Crippen molar-refractivity contribution in [2.24, 2.45) is 5.92 Å². The van der Waals surface area contributed by atoms with E-state index in [2.05, 4.69) is 20.6 Å². The van der Waals surface area contributed by atoms with Crippen LogP contribution in [0.4, 0.5) is 16.6 Å². The van der Waals surface area contributed by atoms with Gasteiger partial charge in [-0.3, -0.25) is 4.90 Å². The fraction of sp³-hybridized carbons (Fsp3) is 0.476. The molecule has 8 nitrogen and oxygen atoms in total. The molecule has 1 atom stereocenters. The van der Waals surface area contributed by atoms with E-state index >= 15 is 0 Å². The molecule has 2 aromatic rings. The lowest BCUT2D eigenvalue weighted by molar-refractivity contribution is 0.139. The van der Waals surface area contributed by atoms with Crippen LogP contribution in [0.1, 0.15) is 37.9 Å². The van der Waals surface area contributed by atoms with Crippen molar-refractivity contribution in [3.05, 3.63) is 41.6 Å². The zero-order chi connectivity index (χ0) is 20.4. The van der Waals surface area contributed by atoms with Gasteiger partial charge in [-0.1, -0.05) is 12.1 Å². The summed E-state index contributed by atoms with van der Waals surface area (Å²) in [7, 11) is 0. The van der Waals surface area contributed by atoms with E-state index in [4.69, 9.17) is 9.47 Å². The van der Waals surface area contributed by atoms with Gasteiger partial charge in [0.15, 0.2) is 0 Å². The molecule has 3 heterocycles. The fourth-order valence-electron chi connectivity index (χ4n) is 3.34. The Balaban J connectivity index is 1.43. The molecule has 2 N–H and O–H groups in total. The standard InChI is InChI=1S/C21H27N5O3/c1-13(2)26-19-17(12-29-21(26)27)10-23-20(25-19)24-14(3)16-4-6-18(7-5-16)28-11-15-8-22-9-15/h4-7,10,13-15,22H,8-9,11-12H2,1-3H3,(H,23,24,25). The van der Waals surface area contributed by atoms with Crippen LogP contribution >= 0.6 is 0 Å². The summed E-state index contributed by atoms with van der Waals surface area (Å²) in [6.45, 7) is 8.92. The van der Waals surface area contributed by atoms with Gasteiger partial charge in [0.2, 0.25) is 5.95 Å². The van der Waals surface area contributed by atoms with Crippen molar-refractivity contribution in [1.82, 2.24) is 15.3 Å². The highest BCUT2D eigenvalue weighted by Crippen LogP contribution is 2.28. The van der Waals surface area contributed by atoms with E-state index in [0.717, 1.165) is 36.6 Å². The Morgan fingerprint density at radius 3 is 2.69 bits per heavy atom. The van der Waals surface area contributed by atoms with E-state index < -0.39 is 0 Å². The van der Waals surface area contributed by atoms with Gasteiger partial charge in [0, 0.05) is 31.2 Å². The Morgan fingerprint density at radius 1 is 1.28 bits per heavy atom. The van der Waals surface area contributed by atoms with Crippen molar-refractivity contribution in [3.8, 4) is 5.75 Å². The predicted molar refractivity (Wildman–Crippen MR) is 110 cm³/mol. The molecule has 1 fully saturated rings. The van der Waals surface area contributed by atoms with Gasteiger partial charge in [-0.2, -0.15) is 4.98 Å². The molecule has 0 spiro atoms. The van der Waals surface area contributed by atoms with Crippen LogP contribution in [0.3, 0.4) is 0 Å². The molecule has 2 aliphatic heterocycles. The van der Waals surface area contributed by atoms with Crippen molar-refractivity contribution < 1.29 is 14.3 Å². The first-order chi connectivity index (χ1) is 14.0. The molecule has 154 valence electrons. The maximum Gasteiger partial charge on any atom is 0.416 e. The normalized spacial score (nSPS) is 17.4. The van der Waals surface area contributed by atoms with E-state index in [1.165, 1.54) is 0 Å². The monoisotopic (exact) mass is 397 g/mol. The predicted octanol–water partition coefficient (Wildman–Crippen LogP) is 3.11. The van der Waals surface area contributed by atoms with Crippen LogP contribution in [-0.4, -0.2) is 41.8 Å². The molecular weight excluding hydrogens is 370 g/mol. The number of carbonyl (C=O) groups excluding carboxylic acids is 1. The van der Waals surface area contributed by atoms with E-state index in [1.807, 2.05) is 45.0 Å². The van der Waals surface area contributed by atoms with Gasteiger partial charge >= 0.3 is 6.09 Å². The van der Waals surface area contributed by atoms with E-state index in [9.17, 15) is 4.79 Å². The number of benzene rings is 1. The summed E-state index contributed by atoms with van der Waals surface area (Å²) in [5.74, 6) is 2.58. The van der Waals surface area contributed by atoms with E-state index in [1.54, 1.807) is 11.1 Å². The quantitative estimate of drug-likeness (QED) is 0.742. The molecule has 29 heavy (non-hydrogen) atoms. The molecule has 0 aliphatic carbocycles. The van der Waals surface area contributed by atoms with Gasteiger partial charge in [0.1, 0.15) is 18.2 Å². The lowest BCUT2D eigenvalue weighted by Crippen LogP contribution is -2.45. The van der Waals surface area contributed by atoms with Crippen LogP contribution in [0.15, 0.2) is 30.5 Å². The minimum Gasteiger partial charge on any atom is -0.493 e. The maximum atomic E-state index is 12.1. The average Bonchev–Trinajstić information content (AvgIpc) is 2.66. The van der Waals surface area contributed by atoms with Crippen LogP contribution < -0.4 is 20.3 Å². The first-order valence-corrected chi connectivity index (χ1v) is 10.0. The highest BCUT2D eigenvalue weighted by molar-refractivity contribution is 5.89. The van der Waals surface area contributed by atoms with Gasteiger partial charge in [-0.05, 0) is 38.5 Å². The number of aromatic nitrogens is 2. The Bertz CT molecular complexity index is 867. The Hall–Kier alpha value is -2.87. The third-order valence-electron chi connectivity index (χ3n) is 5.21. The van der Waals surface area contributed by atoms with E-state index in [-0.39, 0.29) is 24.8 Å². The Morgan fingerprint density at radius 2 is 2.03 bits per heavy atom. The second-order valence-corrected chi connectivity index (χ2v) is 7.83. The van der Waals surface area contributed by atoms with Gasteiger partial charge in [-0.15, -0.1) is 0 Å². The number of anilines is 2. The average molecular weight is 397 g/mol. The minimum absolute atomic E-state index is 0.000902. The number of amides is 1. The molecule has 8 heteroatoms. The van der Waals surface area contributed by atoms with Crippen molar-refractivity contribution in [2.75, 3.05) is 29.9 Å². The number of fused-ring (bicyclic) bond motifs is 1. The summed E-state index contributed by atoms with van der Waals surface area (Å²) in [5, 5.41) is 6.57. The van der Waals surface area contributed by atoms with Gasteiger partial charge < -0.3 is 20.1 Å². The molecule has 1 aromatic carbocycles. The number of nitrogens with one attached hydrogen (secondary N) is 2. The van der Waals surface area contributed by atoms with Crippen molar-refractivity contribution >= 4 is 17.9 Å². The molecule has 1 saturated heterocycles. The maximum absolute atomic E-state index is 12.1. The Kier molecular flexibility index (Phi) is 5.53. The van der Waals surface area contributed by atoms with E-state index in [0.29, 0.717) is 17.7 Å². The SMILES string of the molecule is CC(Nc1ncc2c(n1)N(C(C)C)C(=O)OC2)c1ccc(OCC2CNC2)cc1. The topological polar surface area (TPSA) is 88.6 Å². The molecule has 2 aliphatic rings. The van der Waals surface area contributed by atoms with Crippen LogP contribution in [0.2, 0.25) is 0 Å². The summed E-state index contributed by atoms with van der Waals surface area (Å²) in [5.41, 5.74) is 1.91. The molecule has 1 unspecified atom stereocenters. The molecule has 1 amide bonds. The second-order valence-electron chi connectivity index (χ2n) is 7.83. The third-order valence-corrected chi connectivity index (χ3v) is 5.21. The smallest absolute Gasteiger partial charge is 0.416 e. The fourth-order valence-corrected chi connectivity index (χ4v) is 3.34. The largest absolute Gasteiger partial charge is 0.493 e. The molecular formula is C21H27N5O3. The van der Waals surface area contributed by atoms with Crippen molar-refractivity contribution in [2.45, 2.75) is 39.5 Å². The van der Waals surface area contributed by atoms with Gasteiger partial charge in [0.05, 0.1) is 18.2 Å². The molecule has 0 saturated carbocycles. The van der Waals surface area contributed by atoms with Crippen LogP contribution in [0.5, 0.6) is 5.75 Å². The van der Waals surface area contributed by atoms with Crippen LogP contribution in [0, 0.1) is 5.92 Å². The van der Waals surface area contributed by atoms with Crippen LogP contribution in [0.25, 0.3) is 0 Å². The highest BCUT2D eigenvalue weighted by Gasteiger charge is 2.30. The number of nitrogens with zero attached hydrogens (tertiary/aromatic N) is 3. The number of hydrogen-bond donors (Lipinski definition) is 2.